The van der Waals surface area contributed by atoms with Gasteiger partial charge in [0, 0.05) is 12.1 Å². The van der Waals surface area contributed by atoms with Crippen molar-refractivity contribution >= 4 is 34.6 Å². The molecule has 0 aliphatic carbocycles. The number of nitro groups is 1. The van der Waals surface area contributed by atoms with Crippen LogP contribution in [0.2, 0.25) is 0 Å². The molecule has 0 unspecified atom stereocenters. The molecule has 1 aromatic carbocycles. The number of hydrogen-bond acceptors (Lipinski definition) is 7. The molecule has 9 heteroatoms. The summed E-state index contributed by atoms with van der Waals surface area (Å²) in [4.78, 5) is 22.3. The number of thioether (sulfide) groups is 1. The van der Waals surface area contributed by atoms with Crippen molar-refractivity contribution < 1.29 is 18.9 Å². The Kier molecular flexibility index (Phi) is 4.09. The molecule has 0 atom stereocenters. The number of carbonyl (C=O) groups is 1. The second-order valence-electron chi connectivity index (χ2n) is 4.74. The highest BCUT2D eigenvalue weighted by Gasteiger charge is 2.23. The standard InChI is InChI=1S/C15H11N3O5S/c1-22-12-6-8(18(20)21)2-4-10(12)11-5-3-9(23-11)7-13-14(19)17-15(16)24-13/h2-7H,1H3,(H2,16,17,19). The van der Waals surface area contributed by atoms with E-state index in [0.717, 1.165) is 11.8 Å². The molecule has 1 amide bonds. The van der Waals surface area contributed by atoms with Gasteiger partial charge in [-0.25, -0.2) is 0 Å². The number of nitrogens with zero attached hydrogens (tertiary/aromatic N) is 1. The van der Waals surface area contributed by atoms with Crippen LogP contribution in [0.1, 0.15) is 5.76 Å². The molecule has 24 heavy (non-hydrogen) atoms. The topological polar surface area (TPSA) is 118 Å². The maximum Gasteiger partial charge on any atom is 0.273 e. The number of rotatable bonds is 4. The van der Waals surface area contributed by atoms with Crippen LogP contribution in [0.5, 0.6) is 5.75 Å². The number of carbonyl (C=O) groups excluding carboxylic acids is 1. The summed E-state index contributed by atoms with van der Waals surface area (Å²) in [6.45, 7) is 0. The minimum Gasteiger partial charge on any atom is -0.496 e. The Hall–Kier alpha value is -3.07. The number of nitro benzene ring substituents is 1. The first kappa shape index (κ1) is 15.8. The van der Waals surface area contributed by atoms with Crippen LogP contribution in [0.4, 0.5) is 5.69 Å². The number of amides is 1. The highest BCUT2D eigenvalue weighted by atomic mass is 32.2. The number of benzene rings is 1. The molecule has 2 N–H and O–H groups in total. The van der Waals surface area contributed by atoms with E-state index in [4.69, 9.17) is 14.6 Å². The average molecular weight is 345 g/mol. The van der Waals surface area contributed by atoms with Crippen LogP contribution in [0.25, 0.3) is 17.4 Å². The fraction of sp³-hybridized carbons (Fsp3) is 0.0667. The van der Waals surface area contributed by atoms with Crippen LogP contribution in [0, 0.1) is 15.5 Å². The zero-order valence-corrected chi connectivity index (χ0v) is 13.2. The highest BCUT2D eigenvalue weighted by molar-refractivity contribution is 8.18. The first-order valence-corrected chi connectivity index (χ1v) is 7.51. The summed E-state index contributed by atoms with van der Waals surface area (Å²) in [5, 5.41) is 20.7. The molecule has 2 aromatic rings. The van der Waals surface area contributed by atoms with Crippen LogP contribution in [0.15, 0.2) is 39.7 Å². The van der Waals surface area contributed by atoms with E-state index in [-0.39, 0.29) is 16.8 Å². The van der Waals surface area contributed by atoms with Crippen LogP contribution in [-0.4, -0.2) is 23.1 Å². The monoisotopic (exact) mass is 345 g/mol. The van der Waals surface area contributed by atoms with Crippen molar-refractivity contribution in [2.45, 2.75) is 0 Å². The summed E-state index contributed by atoms with van der Waals surface area (Å²) in [7, 11) is 1.42. The Morgan fingerprint density at radius 3 is 2.79 bits per heavy atom. The van der Waals surface area contributed by atoms with Crippen molar-refractivity contribution in [2.75, 3.05) is 7.11 Å². The van der Waals surface area contributed by atoms with Gasteiger partial charge >= 0.3 is 0 Å². The van der Waals surface area contributed by atoms with Crippen molar-refractivity contribution in [3.8, 4) is 17.1 Å². The summed E-state index contributed by atoms with van der Waals surface area (Å²) in [6, 6.07) is 7.56. The zero-order valence-electron chi connectivity index (χ0n) is 12.4. The zero-order chi connectivity index (χ0) is 17.3. The smallest absolute Gasteiger partial charge is 0.273 e. The summed E-state index contributed by atoms with van der Waals surface area (Å²) < 4.78 is 10.9. The van der Waals surface area contributed by atoms with Gasteiger partial charge in [0.15, 0.2) is 5.17 Å². The number of ether oxygens (including phenoxy) is 1. The summed E-state index contributed by atoms with van der Waals surface area (Å²) in [6.07, 6.45) is 1.53. The molecule has 8 nitrogen and oxygen atoms in total. The Morgan fingerprint density at radius 1 is 1.38 bits per heavy atom. The first-order valence-electron chi connectivity index (χ1n) is 6.70. The fourth-order valence-electron chi connectivity index (χ4n) is 2.14. The third kappa shape index (κ3) is 3.01. The van der Waals surface area contributed by atoms with E-state index >= 15 is 0 Å². The van der Waals surface area contributed by atoms with Crippen molar-refractivity contribution in [1.82, 2.24) is 5.32 Å². The molecule has 0 bridgehead atoms. The molecular formula is C15H11N3O5S. The van der Waals surface area contributed by atoms with Gasteiger partial charge in [-0.1, -0.05) is 0 Å². The van der Waals surface area contributed by atoms with Gasteiger partial charge in [0.2, 0.25) is 0 Å². The molecular weight excluding hydrogens is 334 g/mol. The van der Waals surface area contributed by atoms with E-state index in [0.29, 0.717) is 27.7 Å². The van der Waals surface area contributed by atoms with E-state index in [1.807, 2.05) is 0 Å². The van der Waals surface area contributed by atoms with E-state index in [1.54, 1.807) is 18.2 Å². The molecule has 2 heterocycles. The number of methoxy groups -OCH3 is 1. The van der Waals surface area contributed by atoms with Crippen molar-refractivity contribution in [3.05, 3.63) is 51.1 Å². The molecule has 122 valence electrons. The van der Waals surface area contributed by atoms with Crippen molar-refractivity contribution in [2.24, 2.45) is 0 Å². The van der Waals surface area contributed by atoms with E-state index in [1.165, 1.54) is 25.3 Å². The van der Waals surface area contributed by atoms with Crippen LogP contribution >= 0.6 is 11.8 Å². The number of amidine groups is 1. The number of hydrogen-bond donors (Lipinski definition) is 2. The summed E-state index contributed by atoms with van der Waals surface area (Å²) >= 11 is 1.01. The molecule has 1 fully saturated rings. The molecule has 1 saturated heterocycles. The molecule has 1 aliphatic heterocycles. The largest absolute Gasteiger partial charge is 0.496 e. The quantitative estimate of drug-likeness (QED) is 0.499. The van der Waals surface area contributed by atoms with Crippen LogP contribution in [-0.2, 0) is 4.79 Å². The lowest BCUT2D eigenvalue weighted by Crippen LogP contribution is -2.18. The van der Waals surface area contributed by atoms with E-state index < -0.39 is 4.92 Å². The maximum atomic E-state index is 11.6. The minimum absolute atomic E-state index is 0.0649. The molecule has 0 saturated carbocycles. The first-order chi connectivity index (χ1) is 11.5. The summed E-state index contributed by atoms with van der Waals surface area (Å²) in [5.41, 5.74) is 0.478. The minimum atomic E-state index is -0.505. The van der Waals surface area contributed by atoms with Crippen LogP contribution < -0.4 is 10.1 Å². The van der Waals surface area contributed by atoms with Crippen molar-refractivity contribution in [3.63, 3.8) is 0 Å². The van der Waals surface area contributed by atoms with Gasteiger partial charge in [0.05, 0.1) is 28.6 Å². The normalized spacial score (nSPS) is 15.6. The Morgan fingerprint density at radius 2 is 2.17 bits per heavy atom. The lowest BCUT2D eigenvalue weighted by Gasteiger charge is -2.05. The Bertz CT molecular complexity index is 887. The lowest BCUT2D eigenvalue weighted by molar-refractivity contribution is -0.384. The van der Waals surface area contributed by atoms with Gasteiger partial charge in [-0.3, -0.25) is 20.3 Å². The molecule has 3 rings (SSSR count). The van der Waals surface area contributed by atoms with Crippen molar-refractivity contribution in [1.29, 1.82) is 5.41 Å². The maximum absolute atomic E-state index is 11.6. The summed E-state index contributed by atoms with van der Waals surface area (Å²) in [5.74, 6) is 0.841. The Labute approximate surface area is 140 Å². The highest BCUT2D eigenvalue weighted by Crippen LogP contribution is 2.35. The third-order valence-corrected chi connectivity index (χ3v) is 4.05. The predicted molar refractivity (Wildman–Crippen MR) is 88.8 cm³/mol. The van der Waals surface area contributed by atoms with E-state index in [2.05, 4.69) is 5.32 Å². The predicted octanol–water partition coefficient (Wildman–Crippen LogP) is 3.00. The van der Waals surface area contributed by atoms with E-state index in [9.17, 15) is 14.9 Å². The average Bonchev–Trinajstić information content (AvgIpc) is 3.13. The van der Waals surface area contributed by atoms with Gasteiger partial charge in [-0.2, -0.15) is 0 Å². The second kappa shape index (κ2) is 6.20. The lowest BCUT2D eigenvalue weighted by atomic mass is 10.1. The van der Waals surface area contributed by atoms with Gasteiger partial charge in [0.1, 0.15) is 17.3 Å². The SMILES string of the molecule is COc1cc([N+](=O)[O-])ccc1-c1ccc(C=C2SC(=N)NC2=O)o1. The number of nitrogens with one attached hydrogen (secondary N) is 2. The fourth-order valence-corrected chi connectivity index (χ4v) is 2.83. The molecule has 1 aromatic heterocycles. The second-order valence-corrected chi connectivity index (χ2v) is 5.79. The molecule has 1 aliphatic rings. The van der Waals surface area contributed by atoms with Gasteiger partial charge in [-0.05, 0) is 30.0 Å². The number of furan rings is 1. The molecule has 0 spiro atoms. The van der Waals surface area contributed by atoms with Gasteiger partial charge in [0.25, 0.3) is 11.6 Å². The van der Waals surface area contributed by atoms with Crippen LogP contribution in [0.3, 0.4) is 0 Å². The number of non-ortho nitro benzene ring substituents is 1. The molecule has 0 radical (unpaired) electrons. The van der Waals surface area contributed by atoms with Gasteiger partial charge < -0.3 is 14.5 Å². The third-order valence-electron chi connectivity index (χ3n) is 3.22. The van der Waals surface area contributed by atoms with Gasteiger partial charge in [-0.15, -0.1) is 0 Å². The Balaban J connectivity index is 1.94.